The Hall–Kier alpha value is -2.83. The molecule has 2 N–H and O–H groups in total. The molecule has 2 amide bonds. The number of likely N-dealkylation sites (tertiary alicyclic amines) is 1. The number of carbonyl (C=O) groups is 1. The Morgan fingerprint density at radius 2 is 1.96 bits per heavy atom. The highest BCUT2D eigenvalue weighted by Crippen LogP contribution is 2.19. The molecule has 7 nitrogen and oxygen atoms in total. The Kier molecular flexibility index (Phi) is 6.11. The highest BCUT2D eigenvalue weighted by Gasteiger charge is 2.21. The standard InChI is InChI=1S/C20H28N6O/c1-15-6-8-18(21-13-15)24-20(27)26-11-4-5-16(10-12-26)23-17-7-9-19(22-14-17)25(2)3/h6-9,13-14,16,23H,4-5,10-12H2,1-3H3,(H,21,24,27)/t16-/m1/s1. The van der Waals surface area contributed by atoms with E-state index in [1.807, 2.05) is 55.2 Å². The van der Waals surface area contributed by atoms with Gasteiger partial charge in [-0.1, -0.05) is 6.07 Å². The molecule has 2 aromatic heterocycles. The minimum absolute atomic E-state index is 0.0796. The van der Waals surface area contributed by atoms with E-state index >= 15 is 0 Å². The first-order chi connectivity index (χ1) is 13.0. The van der Waals surface area contributed by atoms with Gasteiger partial charge in [-0.05, 0) is 49.9 Å². The van der Waals surface area contributed by atoms with Gasteiger partial charge in [0.2, 0.25) is 0 Å². The Morgan fingerprint density at radius 1 is 1.11 bits per heavy atom. The fourth-order valence-corrected chi connectivity index (χ4v) is 3.15. The number of aryl methyl sites for hydroxylation is 1. The van der Waals surface area contributed by atoms with Gasteiger partial charge >= 0.3 is 6.03 Å². The number of anilines is 3. The molecule has 0 aliphatic carbocycles. The van der Waals surface area contributed by atoms with Crippen LogP contribution in [0.3, 0.4) is 0 Å². The molecule has 3 heterocycles. The van der Waals surface area contributed by atoms with E-state index in [4.69, 9.17) is 0 Å². The lowest BCUT2D eigenvalue weighted by Crippen LogP contribution is -2.36. The van der Waals surface area contributed by atoms with Crippen LogP contribution in [-0.2, 0) is 0 Å². The molecule has 3 rings (SSSR count). The second kappa shape index (κ2) is 8.70. The van der Waals surface area contributed by atoms with E-state index in [0.29, 0.717) is 11.9 Å². The molecular weight excluding hydrogens is 340 g/mol. The summed E-state index contributed by atoms with van der Waals surface area (Å²) in [5, 5.41) is 6.44. The normalized spacial score (nSPS) is 17.1. The van der Waals surface area contributed by atoms with Crippen molar-refractivity contribution < 1.29 is 4.79 Å². The lowest BCUT2D eigenvalue weighted by atomic mass is 10.1. The van der Waals surface area contributed by atoms with Gasteiger partial charge in [-0.3, -0.25) is 5.32 Å². The predicted molar refractivity (Wildman–Crippen MR) is 109 cm³/mol. The number of aromatic nitrogens is 2. The van der Waals surface area contributed by atoms with Crippen molar-refractivity contribution in [1.29, 1.82) is 0 Å². The van der Waals surface area contributed by atoms with Crippen molar-refractivity contribution in [2.75, 3.05) is 42.7 Å². The zero-order valence-corrected chi connectivity index (χ0v) is 16.3. The summed E-state index contributed by atoms with van der Waals surface area (Å²) in [6.07, 6.45) is 6.53. The van der Waals surface area contributed by atoms with Gasteiger partial charge in [0.15, 0.2) is 0 Å². The van der Waals surface area contributed by atoms with E-state index in [0.717, 1.165) is 49.4 Å². The molecule has 0 saturated carbocycles. The van der Waals surface area contributed by atoms with Gasteiger partial charge in [-0.15, -0.1) is 0 Å². The van der Waals surface area contributed by atoms with E-state index in [1.54, 1.807) is 6.20 Å². The van der Waals surface area contributed by atoms with Crippen molar-refractivity contribution >= 4 is 23.4 Å². The van der Waals surface area contributed by atoms with Crippen LogP contribution >= 0.6 is 0 Å². The van der Waals surface area contributed by atoms with Crippen molar-refractivity contribution in [2.45, 2.75) is 32.2 Å². The Balaban J connectivity index is 1.52. The number of amides is 2. The van der Waals surface area contributed by atoms with Crippen LogP contribution in [0, 0.1) is 6.92 Å². The molecule has 0 unspecified atom stereocenters. The molecule has 0 spiro atoms. The number of nitrogens with zero attached hydrogens (tertiary/aromatic N) is 4. The minimum Gasteiger partial charge on any atom is -0.381 e. The third-order valence-corrected chi connectivity index (χ3v) is 4.74. The fourth-order valence-electron chi connectivity index (χ4n) is 3.15. The quantitative estimate of drug-likeness (QED) is 0.866. The number of hydrogen-bond acceptors (Lipinski definition) is 5. The Labute approximate surface area is 160 Å². The summed E-state index contributed by atoms with van der Waals surface area (Å²) in [6.45, 7) is 3.45. The molecule has 144 valence electrons. The predicted octanol–water partition coefficient (Wildman–Crippen LogP) is 3.35. The summed E-state index contributed by atoms with van der Waals surface area (Å²) < 4.78 is 0. The van der Waals surface area contributed by atoms with Crippen molar-refractivity contribution in [3.8, 4) is 0 Å². The van der Waals surface area contributed by atoms with Crippen LogP contribution in [-0.4, -0.2) is 54.1 Å². The van der Waals surface area contributed by atoms with Crippen LogP contribution in [0.4, 0.5) is 22.1 Å². The van der Waals surface area contributed by atoms with Crippen LogP contribution in [0.15, 0.2) is 36.7 Å². The zero-order valence-electron chi connectivity index (χ0n) is 16.3. The fraction of sp³-hybridized carbons (Fsp3) is 0.450. The number of carbonyl (C=O) groups excluding carboxylic acids is 1. The van der Waals surface area contributed by atoms with Crippen LogP contribution in [0.1, 0.15) is 24.8 Å². The number of urea groups is 1. The van der Waals surface area contributed by atoms with Crippen LogP contribution in [0.2, 0.25) is 0 Å². The first-order valence-electron chi connectivity index (χ1n) is 9.40. The highest BCUT2D eigenvalue weighted by atomic mass is 16.2. The molecule has 1 aliphatic heterocycles. The second-order valence-electron chi connectivity index (χ2n) is 7.21. The summed E-state index contributed by atoms with van der Waals surface area (Å²) in [4.78, 5) is 25.1. The van der Waals surface area contributed by atoms with Gasteiger partial charge in [0.25, 0.3) is 0 Å². The van der Waals surface area contributed by atoms with E-state index < -0.39 is 0 Å². The summed E-state index contributed by atoms with van der Waals surface area (Å²) in [7, 11) is 3.96. The highest BCUT2D eigenvalue weighted by molar-refractivity contribution is 5.88. The number of hydrogen-bond donors (Lipinski definition) is 2. The first-order valence-corrected chi connectivity index (χ1v) is 9.40. The zero-order chi connectivity index (χ0) is 19.2. The van der Waals surface area contributed by atoms with E-state index in [2.05, 4.69) is 26.7 Å². The van der Waals surface area contributed by atoms with Gasteiger partial charge in [-0.25, -0.2) is 14.8 Å². The van der Waals surface area contributed by atoms with E-state index in [-0.39, 0.29) is 6.03 Å². The summed E-state index contributed by atoms with van der Waals surface area (Å²) >= 11 is 0. The van der Waals surface area contributed by atoms with Crippen molar-refractivity contribution in [3.05, 3.63) is 42.2 Å². The van der Waals surface area contributed by atoms with Crippen molar-refractivity contribution in [2.24, 2.45) is 0 Å². The molecule has 1 fully saturated rings. The molecule has 1 saturated heterocycles. The summed E-state index contributed by atoms with van der Waals surface area (Å²) in [5.41, 5.74) is 2.09. The van der Waals surface area contributed by atoms with Crippen LogP contribution in [0.5, 0.6) is 0 Å². The average Bonchev–Trinajstić information content (AvgIpc) is 2.90. The topological polar surface area (TPSA) is 73.4 Å². The minimum atomic E-state index is -0.0796. The number of rotatable bonds is 4. The monoisotopic (exact) mass is 368 g/mol. The third kappa shape index (κ3) is 5.32. The molecule has 0 aromatic carbocycles. The molecular formula is C20H28N6O. The van der Waals surface area contributed by atoms with Crippen molar-refractivity contribution in [1.82, 2.24) is 14.9 Å². The number of pyridine rings is 2. The molecule has 1 aliphatic rings. The molecule has 7 heteroatoms. The smallest absolute Gasteiger partial charge is 0.323 e. The van der Waals surface area contributed by atoms with Crippen LogP contribution in [0.25, 0.3) is 0 Å². The maximum Gasteiger partial charge on any atom is 0.323 e. The second-order valence-corrected chi connectivity index (χ2v) is 7.21. The van der Waals surface area contributed by atoms with Gasteiger partial charge in [0, 0.05) is 39.4 Å². The van der Waals surface area contributed by atoms with Gasteiger partial charge in [-0.2, -0.15) is 0 Å². The third-order valence-electron chi connectivity index (χ3n) is 4.74. The largest absolute Gasteiger partial charge is 0.381 e. The maximum absolute atomic E-state index is 12.5. The molecule has 27 heavy (non-hydrogen) atoms. The van der Waals surface area contributed by atoms with Crippen molar-refractivity contribution in [3.63, 3.8) is 0 Å². The maximum atomic E-state index is 12.5. The van der Waals surface area contributed by atoms with Gasteiger partial charge in [0.05, 0.1) is 11.9 Å². The lowest BCUT2D eigenvalue weighted by Gasteiger charge is -2.21. The summed E-state index contributed by atoms with van der Waals surface area (Å²) in [6, 6.07) is 8.10. The molecule has 1 atom stereocenters. The van der Waals surface area contributed by atoms with Gasteiger partial charge in [0.1, 0.15) is 11.6 Å². The van der Waals surface area contributed by atoms with E-state index in [9.17, 15) is 4.79 Å². The average molecular weight is 368 g/mol. The molecule has 0 radical (unpaired) electrons. The molecule has 0 bridgehead atoms. The van der Waals surface area contributed by atoms with Crippen LogP contribution < -0.4 is 15.5 Å². The number of nitrogens with one attached hydrogen (secondary N) is 2. The first kappa shape index (κ1) is 18.9. The summed E-state index contributed by atoms with van der Waals surface area (Å²) in [5.74, 6) is 1.53. The van der Waals surface area contributed by atoms with Gasteiger partial charge < -0.3 is 15.1 Å². The Morgan fingerprint density at radius 3 is 2.63 bits per heavy atom. The SMILES string of the molecule is Cc1ccc(NC(=O)N2CCC[C@@H](Nc3ccc(N(C)C)nc3)CC2)nc1. The Bertz CT molecular complexity index is 744. The van der Waals surface area contributed by atoms with E-state index in [1.165, 1.54) is 0 Å². The molecule has 2 aromatic rings. The lowest BCUT2D eigenvalue weighted by molar-refractivity contribution is 0.213.